The van der Waals surface area contributed by atoms with Gasteiger partial charge in [-0.1, -0.05) is 0 Å². The zero-order valence-corrected chi connectivity index (χ0v) is 12.7. The molecule has 0 spiro atoms. The first-order valence-corrected chi connectivity index (χ1v) is 7.15. The van der Waals surface area contributed by atoms with Crippen LogP contribution in [0.2, 0.25) is 0 Å². The molecule has 6 heteroatoms. The predicted molar refractivity (Wildman–Crippen MR) is 76.3 cm³/mol. The standard InChI is InChI=1S/C14H26N2O4/c1-4-16(5-2)13(18)9-6-8-12(17)15(3)11-7-10-14(19)20/h4-11H2,1-3H3,(H,19,20). The van der Waals surface area contributed by atoms with Crippen LogP contribution in [0, 0.1) is 0 Å². The SMILES string of the molecule is CCN(CC)C(=O)CCCC(=O)N(C)CCCC(=O)O. The summed E-state index contributed by atoms with van der Waals surface area (Å²) in [5, 5.41) is 8.52. The molecule has 0 aromatic rings. The van der Waals surface area contributed by atoms with E-state index in [0.29, 0.717) is 45.3 Å². The van der Waals surface area contributed by atoms with Gasteiger partial charge < -0.3 is 14.9 Å². The highest BCUT2D eigenvalue weighted by atomic mass is 16.4. The lowest BCUT2D eigenvalue weighted by Crippen LogP contribution is -2.31. The number of hydrogen-bond donors (Lipinski definition) is 1. The van der Waals surface area contributed by atoms with E-state index in [1.165, 1.54) is 4.90 Å². The molecule has 0 rings (SSSR count). The minimum atomic E-state index is -0.851. The summed E-state index contributed by atoms with van der Waals surface area (Å²) in [6.07, 6.45) is 1.78. The molecule has 1 N–H and O–H groups in total. The van der Waals surface area contributed by atoms with Crippen molar-refractivity contribution in [3.63, 3.8) is 0 Å². The molecule has 0 atom stereocenters. The molecular weight excluding hydrogens is 260 g/mol. The van der Waals surface area contributed by atoms with Gasteiger partial charge in [0.2, 0.25) is 11.8 Å². The molecule has 0 aromatic carbocycles. The van der Waals surface area contributed by atoms with Gasteiger partial charge in [-0.3, -0.25) is 14.4 Å². The molecule has 6 nitrogen and oxygen atoms in total. The molecule has 0 unspecified atom stereocenters. The molecule has 0 aliphatic carbocycles. The van der Waals surface area contributed by atoms with Gasteiger partial charge in [0.15, 0.2) is 0 Å². The normalized spacial score (nSPS) is 10.2. The van der Waals surface area contributed by atoms with Gasteiger partial charge in [0.05, 0.1) is 0 Å². The Morgan fingerprint density at radius 2 is 1.45 bits per heavy atom. The van der Waals surface area contributed by atoms with Crippen LogP contribution in [0.4, 0.5) is 0 Å². The summed E-state index contributed by atoms with van der Waals surface area (Å²) >= 11 is 0. The Bertz CT molecular complexity index is 327. The van der Waals surface area contributed by atoms with E-state index < -0.39 is 5.97 Å². The van der Waals surface area contributed by atoms with E-state index in [1.807, 2.05) is 13.8 Å². The molecular formula is C14H26N2O4. The molecule has 0 saturated carbocycles. The number of rotatable bonds is 10. The number of carbonyl (C=O) groups excluding carboxylic acids is 2. The summed E-state index contributed by atoms with van der Waals surface area (Å²) in [4.78, 5) is 37.2. The van der Waals surface area contributed by atoms with Crippen LogP contribution in [-0.4, -0.2) is 59.4 Å². The summed E-state index contributed by atoms with van der Waals surface area (Å²) in [5.74, 6) is -0.810. The van der Waals surface area contributed by atoms with Crippen LogP contribution >= 0.6 is 0 Å². The van der Waals surface area contributed by atoms with E-state index in [2.05, 4.69) is 0 Å². The lowest BCUT2D eigenvalue weighted by molar-refractivity contribution is -0.138. The molecule has 116 valence electrons. The smallest absolute Gasteiger partial charge is 0.303 e. The molecule has 0 aliphatic rings. The van der Waals surface area contributed by atoms with E-state index in [-0.39, 0.29) is 18.2 Å². The fourth-order valence-corrected chi connectivity index (χ4v) is 1.91. The summed E-state index contributed by atoms with van der Waals surface area (Å²) in [5.41, 5.74) is 0. The average molecular weight is 286 g/mol. The maximum Gasteiger partial charge on any atom is 0.303 e. The summed E-state index contributed by atoms with van der Waals surface area (Å²) < 4.78 is 0. The van der Waals surface area contributed by atoms with E-state index >= 15 is 0 Å². The molecule has 0 heterocycles. The fourth-order valence-electron chi connectivity index (χ4n) is 1.91. The van der Waals surface area contributed by atoms with Crippen LogP contribution in [0.25, 0.3) is 0 Å². The fraction of sp³-hybridized carbons (Fsp3) is 0.786. The largest absolute Gasteiger partial charge is 0.481 e. The molecule has 20 heavy (non-hydrogen) atoms. The second kappa shape index (κ2) is 10.2. The Kier molecular flexibility index (Phi) is 9.41. The van der Waals surface area contributed by atoms with Crippen molar-refractivity contribution >= 4 is 17.8 Å². The molecule has 2 amide bonds. The monoisotopic (exact) mass is 286 g/mol. The third kappa shape index (κ3) is 7.76. The first-order valence-electron chi connectivity index (χ1n) is 7.15. The first kappa shape index (κ1) is 18.4. The van der Waals surface area contributed by atoms with Gasteiger partial charge in [0, 0.05) is 45.9 Å². The molecule has 0 radical (unpaired) electrons. The number of nitrogens with zero attached hydrogens (tertiary/aromatic N) is 2. The minimum absolute atomic E-state index is 0.0391. The number of aliphatic carboxylic acids is 1. The van der Waals surface area contributed by atoms with Gasteiger partial charge in [-0.2, -0.15) is 0 Å². The van der Waals surface area contributed by atoms with Gasteiger partial charge in [-0.15, -0.1) is 0 Å². The van der Waals surface area contributed by atoms with Crippen molar-refractivity contribution in [2.75, 3.05) is 26.7 Å². The predicted octanol–water partition coefficient (Wildman–Crippen LogP) is 1.35. The van der Waals surface area contributed by atoms with Crippen molar-refractivity contribution in [1.82, 2.24) is 9.80 Å². The first-order chi connectivity index (χ1) is 9.42. The van der Waals surface area contributed by atoms with E-state index in [4.69, 9.17) is 5.11 Å². The number of carboxylic acid groups (broad SMARTS) is 1. The molecule has 0 fully saturated rings. The van der Waals surface area contributed by atoms with Gasteiger partial charge in [0.1, 0.15) is 0 Å². The highest BCUT2D eigenvalue weighted by molar-refractivity contribution is 5.79. The van der Waals surface area contributed by atoms with Gasteiger partial charge in [0.25, 0.3) is 0 Å². The van der Waals surface area contributed by atoms with Crippen LogP contribution in [0.1, 0.15) is 46.0 Å². The van der Waals surface area contributed by atoms with Gasteiger partial charge >= 0.3 is 5.97 Å². The average Bonchev–Trinajstić information content (AvgIpc) is 2.39. The number of carbonyl (C=O) groups is 3. The van der Waals surface area contributed by atoms with E-state index in [1.54, 1.807) is 11.9 Å². The molecule has 0 aromatic heterocycles. The third-order valence-electron chi connectivity index (χ3n) is 3.21. The van der Waals surface area contributed by atoms with Crippen LogP contribution in [0.3, 0.4) is 0 Å². The van der Waals surface area contributed by atoms with Crippen LogP contribution in [0.15, 0.2) is 0 Å². The molecule has 0 bridgehead atoms. The van der Waals surface area contributed by atoms with Crippen molar-refractivity contribution in [3.05, 3.63) is 0 Å². The van der Waals surface area contributed by atoms with Gasteiger partial charge in [-0.25, -0.2) is 0 Å². The second-order valence-electron chi connectivity index (χ2n) is 4.73. The lowest BCUT2D eigenvalue weighted by atomic mass is 10.2. The van der Waals surface area contributed by atoms with E-state index in [9.17, 15) is 14.4 Å². The minimum Gasteiger partial charge on any atom is -0.481 e. The highest BCUT2D eigenvalue weighted by Crippen LogP contribution is 2.04. The lowest BCUT2D eigenvalue weighted by Gasteiger charge is -2.19. The van der Waals surface area contributed by atoms with Crippen molar-refractivity contribution in [3.8, 4) is 0 Å². The van der Waals surface area contributed by atoms with Crippen LogP contribution in [0.5, 0.6) is 0 Å². The maximum atomic E-state index is 11.8. The van der Waals surface area contributed by atoms with E-state index in [0.717, 1.165) is 0 Å². The third-order valence-corrected chi connectivity index (χ3v) is 3.21. The number of amides is 2. The number of hydrogen-bond acceptors (Lipinski definition) is 3. The Hall–Kier alpha value is -1.59. The quantitative estimate of drug-likeness (QED) is 0.657. The zero-order valence-electron chi connectivity index (χ0n) is 12.7. The summed E-state index contributed by atoms with van der Waals surface area (Å²) in [6, 6.07) is 0. The van der Waals surface area contributed by atoms with Crippen LogP contribution in [-0.2, 0) is 14.4 Å². The highest BCUT2D eigenvalue weighted by Gasteiger charge is 2.12. The van der Waals surface area contributed by atoms with Crippen molar-refractivity contribution < 1.29 is 19.5 Å². The summed E-state index contributed by atoms with van der Waals surface area (Å²) in [7, 11) is 1.66. The van der Waals surface area contributed by atoms with Crippen molar-refractivity contribution in [2.24, 2.45) is 0 Å². The zero-order chi connectivity index (χ0) is 15.5. The Balaban J connectivity index is 3.86. The Morgan fingerprint density at radius 3 is 1.95 bits per heavy atom. The van der Waals surface area contributed by atoms with Crippen molar-refractivity contribution in [2.45, 2.75) is 46.0 Å². The molecule has 0 saturated heterocycles. The van der Waals surface area contributed by atoms with Crippen LogP contribution < -0.4 is 0 Å². The topological polar surface area (TPSA) is 77.9 Å². The van der Waals surface area contributed by atoms with Crippen molar-refractivity contribution in [1.29, 1.82) is 0 Å². The second-order valence-corrected chi connectivity index (χ2v) is 4.73. The number of carboxylic acids is 1. The summed E-state index contributed by atoms with van der Waals surface area (Å²) in [6.45, 7) is 5.69. The maximum absolute atomic E-state index is 11.8. The molecule has 0 aliphatic heterocycles. The Morgan fingerprint density at radius 1 is 0.900 bits per heavy atom. The Labute approximate surface area is 120 Å². The van der Waals surface area contributed by atoms with Gasteiger partial charge in [-0.05, 0) is 26.7 Å².